The predicted octanol–water partition coefficient (Wildman–Crippen LogP) is 1.20. The number of hydrogen-bond acceptors (Lipinski definition) is 8. The summed E-state index contributed by atoms with van der Waals surface area (Å²) in [6.45, 7) is 3.30. The van der Waals surface area contributed by atoms with Gasteiger partial charge in [-0.2, -0.15) is 4.31 Å². The van der Waals surface area contributed by atoms with Crippen molar-refractivity contribution in [2.45, 2.75) is 45.2 Å². The quantitative estimate of drug-likeness (QED) is 0.513. The van der Waals surface area contributed by atoms with Crippen LogP contribution < -0.4 is 10.6 Å². The van der Waals surface area contributed by atoms with Crippen LogP contribution in [-0.2, 0) is 29.1 Å². The fourth-order valence-corrected chi connectivity index (χ4v) is 5.51. The lowest BCUT2D eigenvalue weighted by atomic mass is 10.0. The van der Waals surface area contributed by atoms with E-state index in [9.17, 15) is 22.8 Å². The molecule has 0 spiro atoms. The minimum Gasteiger partial charge on any atom is -0.467 e. The Balaban J connectivity index is 1.82. The van der Waals surface area contributed by atoms with E-state index in [1.54, 1.807) is 26.0 Å². The van der Waals surface area contributed by atoms with E-state index < -0.39 is 46.7 Å². The van der Waals surface area contributed by atoms with Gasteiger partial charge in [0.25, 0.3) is 0 Å². The third-order valence-corrected chi connectivity index (χ3v) is 7.21. The summed E-state index contributed by atoms with van der Waals surface area (Å²) in [6, 6.07) is 0.723. The Labute approximate surface area is 186 Å². The first kappa shape index (κ1) is 23.8. The lowest BCUT2D eigenvalue weighted by Gasteiger charge is -2.28. The summed E-state index contributed by atoms with van der Waals surface area (Å²) in [5.41, 5.74) is 0.0824. The Morgan fingerprint density at radius 3 is 2.72 bits per heavy atom. The highest BCUT2D eigenvalue weighted by atomic mass is 32.2. The first-order valence-electron chi connectivity index (χ1n) is 10.5. The molecule has 32 heavy (non-hydrogen) atoms. The SMILES string of the molecule is CCCS(=O)(=O)N1CCCC1C(=O)OCC1=C(C(=O)OCC)C(c2ccco2)NC(=O)N1. The van der Waals surface area contributed by atoms with Crippen LogP contribution in [0.4, 0.5) is 4.79 Å². The fraction of sp³-hybridized carbons (Fsp3) is 0.550. The first-order valence-corrected chi connectivity index (χ1v) is 12.1. The van der Waals surface area contributed by atoms with Gasteiger partial charge in [0.05, 0.1) is 29.9 Å². The van der Waals surface area contributed by atoms with Gasteiger partial charge >= 0.3 is 18.0 Å². The van der Waals surface area contributed by atoms with Crippen LogP contribution in [0, 0.1) is 0 Å². The molecule has 2 unspecified atom stereocenters. The highest BCUT2D eigenvalue weighted by Crippen LogP contribution is 2.29. The standard InChI is InChI=1S/C20H27N3O8S/c1-3-11-32(27,28)23-9-5-7-14(23)18(24)31-12-13-16(19(25)29-4-2)17(22-20(26)21-13)15-8-6-10-30-15/h6,8,10,14,17H,3-5,7,9,11-12H2,1-2H3,(H2,21,22,26). The lowest BCUT2D eigenvalue weighted by Crippen LogP contribution is -2.47. The van der Waals surface area contributed by atoms with Gasteiger partial charge in [0.2, 0.25) is 10.0 Å². The number of amides is 2. The van der Waals surface area contributed by atoms with Crippen LogP contribution in [0.3, 0.4) is 0 Å². The van der Waals surface area contributed by atoms with Gasteiger partial charge in [0.1, 0.15) is 24.5 Å². The van der Waals surface area contributed by atoms with Crippen LogP contribution in [0.15, 0.2) is 34.1 Å². The zero-order chi connectivity index (χ0) is 23.3. The topological polar surface area (TPSA) is 144 Å². The third-order valence-electron chi connectivity index (χ3n) is 5.13. The molecular formula is C20H27N3O8S. The van der Waals surface area contributed by atoms with Gasteiger partial charge in [0, 0.05) is 6.54 Å². The van der Waals surface area contributed by atoms with Crippen LogP contribution in [0.1, 0.15) is 44.9 Å². The molecule has 12 heteroatoms. The number of urea groups is 1. The number of nitrogens with zero attached hydrogens (tertiary/aromatic N) is 1. The van der Waals surface area contributed by atoms with Crippen molar-refractivity contribution in [1.29, 1.82) is 0 Å². The summed E-state index contributed by atoms with van der Waals surface area (Å²) in [5, 5.41) is 5.07. The summed E-state index contributed by atoms with van der Waals surface area (Å²) in [7, 11) is -3.57. The average molecular weight is 470 g/mol. The van der Waals surface area contributed by atoms with Crippen molar-refractivity contribution < 1.29 is 36.7 Å². The normalized spacial score (nSPS) is 21.8. The number of carbonyl (C=O) groups excluding carboxylic acids is 3. The molecule has 2 atom stereocenters. The number of esters is 2. The smallest absolute Gasteiger partial charge is 0.338 e. The van der Waals surface area contributed by atoms with Gasteiger partial charge in [0.15, 0.2) is 0 Å². The maximum absolute atomic E-state index is 12.7. The zero-order valence-corrected chi connectivity index (χ0v) is 18.8. The Morgan fingerprint density at radius 2 is 2.06 bits per heavy atom. The second kappa shape index (κ2) is 10.2. The van der Waals surface area contributed by atoms with Crippen LogP contribution in [0.2, 0.25) is 0 Å². The molecule has 1 fully saturated rings. The number of hydrogen-bond donors (Lipinski definition) is 2. The van der Waals surface area contributed by atoms with E-state index in [1.807, 2.05) is 0 Å². The van der Waals surface area contributed by atoms with Crippen LogP contribution in [-0.4, -0.2) is 62.2 Å². The molecule has 1 saturated heterocycles. The summed E-state index contributed by atoms with van der Waals surface area (Å²) in [6.07, 6.45) is 2.72. The zero-order valence-electron chi connectivity index (χ0n) is 18.0. The largest absolute Gasteiger partial charge is 0.467 e. The van der Waals surface area contributed by atoms with Gasteiger partial charge < -0.3 is 24.5 Å². The average Bonchev–Trinajstić information content (AvgIpc) is 3.43. The summed E-state index contributed by atoms with van der Waals surface area (Å²) in [5.74, 6) is -1.19. The monoisotopic (exact) mass is 469 g/mol. The van der Waals surface area contributed by atoms with Crippen molar-refractivity contribution in [2.24, 2.45) is 0 Å². The van der Waals surface area contributed by atoms with Crippen molar-refractivity contribution in [3.8, 4) is 0 Å². The molecule has 0 aliphatic carbocycles. The Hall–Kier alpha value is -2.86. The van der Waals surface area contributed by atoms with Gasteiger partial charge in [-0.1, -0.05) is 6.92 Å². The number of furan rings is 1. The summed E-state index contributed by atoms with van der Waals surface area (Å²) in [4.78, 5) is 37.5. The van der Waals surface area contributed by atoms with E-state index >= 15 is 0 Å². The molecule has 0 bridgehead atoms. The number of nitrogens with one attached hydrogen (secondary N) is 2. The van der Waals surface area contributed by atoms with E-state index in [0.717, 1.165) is 0 Å². The molecular weight excluding hydrogens is 442 g/mol. The van der Waals surface area contributed by atoms with Crippen molar-refractivity contribution in [3.63, 3.8) is 0 Å². The molecule has 2 amide bonds. The minimum absolute atomic E-state index is 0.0380. The van der Waals surface area contributed by atoms with Gasteiger partial charge in [-0.15, -0.1) is 0 Å². The second-order valence-electron chi connectivity index (χ2n) is 7.35. The summed E-state index contributed by atoms with van der Waals surface area (Å²) >= 11 is 0. The second-order valence-corrected chi connectivity index (χ2v) is 9.39. The van der Waals surface area contributed by atoms with Crippen LogP contribution >= 0.6 is 0 Å². The maximum Gasteiger partial charge on any atom is 0.338 e. The van der Waals surface area contributed by atoms with Gasteiger partial charge in [-0.3, -0.25) is 4.79 Å². The highest BCUT2D eigenvalue weighted by Gasteiger charge is 2.40. The van der Waals surface area contributed by atoms with Crippen LogP contribution in [0.5, 0.6) is 0 Å². The highest BCUT2D eigenvalue weighted by molar-refractivity contribution is 7.89. The van der Waals surface area contributed by atoms with E-state index in [2.05, 4.69) is 10.6 Å². The summed E-state index contributed by atoms with van der Waals surface area (Å²) < 4.78 is 41.9. The molecule has 2 aliphatic heterocycles. The first-order chi connectivity index (χ1) is 15.3. The Bertz CT molecular complexity index is 986. The van der Waals surface area contributed by atoms with Crippen molar-refractivity contribution in [1.82, 2.24) is 14.9 Å². The number of ether oxygens (including phenoxy) is 2. The van der Waals surface area contributed by atoms with E-state index in [0.29, 0.717) is 25.0 Å². The van der Waals surface area contributed by atoms with E-state index in [1.165, 1.54) is 10.6 Å². The van der Waals surface area contributed by atoms with E-state index in [-0.39, 0.29) is 30.2 Å². The fourth-order valence-electron chi connectivity index (χ4n) is 3.77. The van der Waals surface area contributed by atoms with Crippen LogP contribution in [0.25, 0.3) is 0 Å². The van der Waals surface area contributed by atoms with Crippen molar-refractivity contribution in [2.75, 3.05) is 25.5 Å². The molecule has 0 aromatic carbocycles. The lowest BCUT2D eigenvalue weighted by molar-refractivity contribution is -0.147. The molecule has 1 aromatic rings. The number of carbonyl (C=O) groups is 3. The van der Waals surface area contributed by atoms with Gasteiger partial charge in [-0.05, 0) is 38.3 Å². The van der Waals surface area contributed by atoms with Crippen molar-refractivity contribution >= 4 is 28.0 Å². The number of sulfonamides is 1. The molecule has 3 heterocycles. The molecule has 0 radical (unpaired) electrons. The van der Waals surface area contributed by atoms with E-state index in [4.69, 9.17) is 13.9 Å². The molecule has 1 aromatic heterocycles. The van der Waals surface area contributed by atoms with Crippen molar-refractivity contribution in [3.05, 3.63) is 35.4 Å². The molecule has 11 nitrogen and oxygen atoms in total. The minimum atomic E-state index is -3.57. The molecule has 3 rings (SSSR count). The number of rotatable bonds is 9. The Morgan fingerprint density at radius 1 is 1.28 bits per heavy atom. The molecule has 2 aliphatic rings. The van der Waals surface area contributed by atoms with Gasteiger partial charge in [-0.25, -0.2) is 18.0 Å². The molecule has 2 N–H and O–H groups in total. The predicted molar refractivity (Wildman–Crippen MR) is 112 cm³/mol. The third kappa shape index (κ3) is 5.13. The molecule has 0 saturated carbocycles. The Kier molecular flexibility index (Phi) is 7.56. The maximum atomic E-state index is 12.7. The molecule has 176 valence electrons.